The average molecular weight is 857 g/mol. The lowest BCUT2D eigenvalue weighted by atomic mass is 10.0. The molecule has 1 rings (SSSR count). The number of phenols is 1. The quantitative estimate of drug-likeness (QED) is 0.0459. The number of primary amides is 2. The minimum atomic E-state index is -1.98. The van der Waals surface area contributed by atoms with E-state index in [1.54, 1.807) is 0 Å². The third kappa shape index (κ3) is 16.7. The zero-order chi connectivity index (χ0) is 46.2. The summed E-state index contributed by atoms with van der Waals surface area (Å²) < 4.78 is 0. The number of nitrogens with two attached hydrogens (primary N) is 3. The average Bonchev–Trinajstić information content (AvgIpc) is 3.14. The minimum Gasteiger partial charge on any atom is -0.508 e. The molecule has 1 aromatic carbocycles. The van der Waals surface area contributed by atoms with Gasteiger partial charge in [0.25, 0.3) is 0 Å². The first-order valence-electron chi connectivity index (χ1n) is 18.4. The van der Waals surface area contributed by atoms with E-state index in [-0.39, 0.29) is 12.2 Å². The number of rotatable bonds is 24. The normalized spacial score (nSPS) is 17.1. The molecule has 12 atom stereocenters. The van der Waals surface area contributed by atoms with Gasteiger partial charge in [-0.25, -0.2) is 0 Å². The van der Waals surface area contributed by atoms with Gasteiger partial charge in [0.15, 0.2) is 0 Å². The summed E-state index contributed by atoms with van der Waals surface area (Å²) in [6.45, 7) is 4.64. The number of aliphatic hydroxyl groups is 5. The Bertz CT molecular complexity index is 1690. The molecule has 0 bridgehead atoms. The van der Waals surface area contributed by atoms with Crippen molar-refractivity contribution in [2.75, 3.05) is 6.61 Å². The fourth-order valence-corrected chi connectivity index (χ4v) is 5.16. The molecule has 25 heteroatoms. The smallest absolute Gasteiger partial charge is 0.245 e. The maximum atomic E-state index is 13.6. The van der Waals surface area contributed by atoms with Crippen molar-refractivity contribution in [3.63, 3.8) is 0 Å². The lowest BCUT2D eigenvalue weighted by Gasteiger charge is -2.29. The van der Waals surface area contributed by atoms with Gasteiger partial charge < -0.3 is 85.1 Å². The van der Waals surface area contributed by atoms with Crippen LogP contribution in [0.1, 0.15) is 46.6 Å². The fourth-order valence-electron chi connectivity index (χ4n) is 5.16. The Balaban J connectivity index is 3.33. The first-order chi connectivity index (χ1) is 27.8. The monoisotopic (exact) mass is 856 g/mol. The van der Waals surface area contributed by atoms with Crippen LogP contribution in [-0.4, -0.2) is 163 Å². The molecule has 0 saturated heterocycles. The van der Waals surface area contributed by atoms with E-state index in [0.29, 0.717) is 5.56 Å². The summed E-state index contributed by atoms with van der Waals surface area (Å²) in [4.78, 5) is 116. The highest BCUT2D eigenvalue weighted by Crippen LogP contribution is 2.12. The molecule has 25 nitrogen and oxygen atoms in total. The number of carbonyl (C=O) groups excluding carboxylic acids is 9. The number of nitrogens with one attached hydrogen (secondary N) is 7. The lowest BCUT2D eigenvalue weighted by molar-refractivity contribution is -0.139. The number of aliphatic hydroxyl groups excluding tert-OH is 5. The molecule has 0 aliphatic rings. The van der Waals surface area contributed by atoms with Crippen LogP contribution in [0.4, 0.5) is 0 Å². The molecule has 0 aliphatic carbocycles. The Morgan fingerprint density at radius 3 is 1.25 bits per heavy atom. The highest BCUT2D eigenvalue weighted by Gasteiger charge is 2.38. The first kappa shape index (κ1) is 52.0. The molecular formula is C35H56N10O15. The van der Waals surface area contributed by atoms with Crippen LogP contribution in [0.3, 0.4) is 0 Å². The van der Waals surface area contributed by atoms with E-state index in [4.69, 9.17) is 17.2 Å². The van der Waals surface area contributed by atoms with E-state index >= 15 is 0 Å². The van der Waals surface area contributed by atoms with Crippen LogP contribution in [-0.2, 0) is 49.6 Å². The molecule has 0 heterocycles. The van der Waals surface area contributed by atoms with Gasteiger partial charge in [-0.15, -0.1) is 0 Å². The number of phenolic OH excluding ortho intramolecular Hbond substituents is 1. The molecule has 0 unspecified atom stereocenters. The van der Waals surface area contributed by atoms with E-state index in [9.17, 15) is 73.8 Å². The molecule has 0 radical (unpaired) electrons. The summed E-state index contributed by atoms with van der Waals surface area (Å²) in [5, 5.41) is 75.4. The zero-order valence-corrected chi connectivity index (χ0v) is 33.4. The topological polar surface area (TPSA) is 437 Å². The Morgan fingerprint density at radius 1 is 0.517 bits per heavy atom. The first-order valence-corrected chi connectivity index (χ1v) is 18.4. The molecule has 0 aromatic heterocycles. The maximum absolute atomic E-state index is 13.6. The second-order valence-corrected chi connectivity index (χ2v) is 14.0. The van der Waals surface area contributed by atoms with Gasteiger partial charge in [0.05, 0.1) is 43.5 Å². The van der Waals surface area contributed by atoms with E-state index in [1.807, 2.05) is 0 Å². The molecule has 19 N–H and O–H groups in total. The minimum absolute atomic E-state index is 0.135. The number of hydrogen-bond acceptors (Lipinski definition) is 16. The van der Waals surface area contributed by atoms with Crippen LogP contribution in [0.2, 0.25) is 0 Å². The molecule has 336 valence electrons. The summed E-state index contributed by atoms with van der Waals surface area (Å²) in [6, 6.07) is -8.26. The molecule has 60 heavy (non-hydrogen) atoms. The van der Waals surface area contributed by atoms with E-state index in [2.05, 4.69) is 37.2 Å². The number of carbonyl (C=O) groups is 9. The third-order valence-electron chi connectivity index (χ3n) is 8.55. The highest BCUT2D eigenvalue weighted by molar-refractivity contribution is 5.99. The SMILES string of the molecule is C[C@H](N)C(=O)N[C@@H](CO)C(=O)N[C@H](C(=O)N[C@H](C(=O)N[C@H](C(=O)N[C@@H](CC(N)=O)C(=O)N[C@@H](Cc1ccc(O)cc1)C(=O)N[C@H](C(N)=O)[C@@H](C)O)[C@@H](C)O)[C@@H](C)O)[C@@H](C)O. The largest absolute Gasteiger partial charge is 0.508 e. The van der Waals surface area contributed by atoms with Crippen LogP contribution >= 0.6 is 0 Å². The van der Waals surface area contributed by atoms with Crippen LogP contribution in [0.15, 0.2) is 24.3 Å². The van der Waals surface area contributed by atoms with Gasteiger partial charge in [-0.1, -0.05) is 12.1 Å². The van der Waals surface area contributed by atoms with Crippen LogP contribution in [0.25, 0.3) is 0 Å². The molecular weight excluding hydrogens is 800 g/mol. The van der Waals surface area contributed by atoms with E-state index in [1.165, 1.54) is 31.2 Å². The Kier molecular flexibility index (Phi) is 21.0. The van der Waals surface area contributed by atoms with Gasteiger partial charge in [-0.05, 0) is 52.3 Å². The Morgan fingerprint density at radius 2 is 0.867 bits per heavy atom. The predicted molar refractivity (Wildman–Crippen MR) is 206 cm³/mol. The number of amides is 9. The van der Waals surface area contributed by atoms with Crippen molar-refractivity contribution in [2.45, 2.75) is 120 Å². The van der Waals surface area contributed by atoms with Gasteiger partial charge in [0.2, 0.25) is 53.2 Å². The van der Waals surface area contributed by atoms with Gasteiger partial charge in [-0.3, -0.25) is 43.2 Å². The second-order valence-electron chi connectivity index (χ2n) is 14.0. The summed E-state index contributed by atoms with van der Waals surface area (Å²) in [6.07, 6.45) is -7.89. The number of hydrogen-bond donors (Lipinski definition) is 16. The third-order valence-corrected chi connectivity index (χ3v) is 8.55. The van der Waals surface area contributed by atoms with Gasteiger partial charge in [0, 0.05) is 6.42 Å². The fraction of sp³-hybridized carbons (Fsp3) is 0.571. The Labute approximate surface area is 343 Å². The van der Waals surface area contributed by atoms with Gasteiger partial charge in [0.1, 0.15) is 48.0 Å². The van der Waals surface area contributed by atoms with Crippen molar-refractivity contribution in [1.82, 2.24) is 37.2 Å². The Hall–Kier alpha value is -5.99. The second kappa shape index (κ2) is 24.2. The van der Waals surface area contributed by atoms with Crippen LogP contribution in [0.5, 0.6) is 5.75 Å². The lowest BCUT2D eigenvalue weighted by Crippen LogP contribution is -2.64. The van der Waals surface area contributed by atoms with Crippen molar-refractivity contribution in [2.24, 2.45) is 17.2 Å². The zero-order valence-electron chi connectivity index (χ0n) is 33.4. The standard InChI is InChI=1S/C35H56N10O15/c1-13(36)29(54)41-22(12-46)32(57)43-26(16(4)49)34(59)45-27(17(5)50)35(60)44-25(15(3)48)33(58)40-21(11-23(37)52)30(55)39-20(10-18-6-8-19(51)9-7-18)31(56)42-24(14(2)47)28(38)53/h6-9,13-17,20-22,24-27,46-51H,10-12,36H2,1-5H3,(H2,37,52)(H2,38,53)(H,39,55)(H,40,58)(H,41,54)(H,42,56)(H,43,57)(H,44,60)(H,45,59)/t13-,14+,15+,16+,17+,20-,21-,22-,24-,25-,26-,27-/m0/s1. The van der Waals surface area contributed by atoms with E-state index < -0.39 is 139 Å². The molecule has 1 aromatic rings. The molecule has 9 amide bonds. The van der Waals surface area contributed by atoms with E-state index in [0.717, 1.165) is 27.7 Å². The van der Waals surface area contributed by atoms with Gasteiger partial charge in [-0.2, -0.15) is 0 Å². The van der Waals surface area contributed by atoms with Crippen molar-refractivity contribution in [3.05, 3.63) is 29.8 Å². The van der Waals surface area contributed by atoms with Crippen LogP contribution < -0.4 is 54.4 Å². The van der Waals surface area contributed by atoms with Crippen molar-refractivity contribution < 1.29 is 73.8 Å². The summed E-state index contributed by atoms with van der Waals surface area (Å²) in [5.74, 6) is -10.6. The van der Waals surface area contributed by atoms with Crippen molar-refractivity contribution in [1.29, 1.82) is 0 Å². The maximum Gasteiger partial charge on any atom is 0.245 e. The molecule has 0 saturated carbocycles. The molecule has 0 spiro atoms. The number of benzene rings is 1. The molecule has 0 fully saturated rings. The van der Waals surface area contributed by atoms with Crippen molar-refractivity contribution >= 4 is 53.2 Å². The summed E-state index contributed by atoms with van der Waals surface area (Å²) >= 11 is 0. The van der Waals surface area contributed by atoms with Gasteiger partial charge >= 0.3 is 0 Å². The highest BCUT2D eigenvalue weighted by atomic mass is 16.3. The predicted octanol–water partition coefficient (Wildman–Crippen LogP) is -8.45. The molecule has 0 aliphatic heterocycles. The van der Waals surface area contributed by atoms with Crippen LogP contribution in [0, 0.1) is 0 Å². The summed E-state index contributed by atoms with van der Waals surface area (Å²) in [7, 11) is 0. The number of aromatic hydroxyl groups is 1. The summed E-state index contributed by atoms with van der Waals surface area (Å²) in [5.41, 5.74) is 16.4. The van der Waals surface area contributed by atoms with Crippen molar-refractivity contribution in [3.8, 4) is 5.75 Å².